The van der Waals surface area contributed by atoms with E-state index >= 15 is 0 Å². The van der Waals surface area contributed by atoms with E-state index in [-0.39, 0.29) is 59.7 Å². The lowest BCUT2D eigenvalue weighted by Gasteiger charge is -2.29. The highest BCUT2D eigenvalue weighted by atomic mass is 19.4. The Morgan fingerprint density at radius 3 is 2.56 bits per heavy atom. The quantitative estimate of drug-likeness (QED) is 0.217. The summed E-state index contributed by atoms with van der Waals surface area (Å²) >= 11 is 0. The van der Waals surface area contributed by atoms with Crippen LogP contribution in [0.25, 0.3) is 0 Å². The molecular weight excluding hydrogens is 547 g/mol. The number of anilines is 3. The van der Waals surface area contributed by atoms with Crippen LogP contribution in [0.3, 0.4) is 0 Å². The van der Waals surface area contributed by atoms with Crippen LogP contribution in [0.1, 0.15) is 35.1 Å². The monoisotopic (exact) mass is 571 g/mol. The molecule has 2 heterocycles. The zero-order valence-electron chi connectivity index (χ0n) is 21.9. The molecule has 1 amide bonds. The number of aryl methyl sites for hydroxylation is 1. The second kappa shape index (κ2) is 10.6. The van der Waals surface area contributed by atoms with Gasteiger partial charge in [-0.3, -0.25) is 24.6 Å². The van der Waals surface area contributed by atoms with Crippen molar-refractivity contribution in [1.82, 2.24) is 0 Å². The molecule has 1 N–H and O–H groups in total. The zero-order valence-corrected chi connectivity index (χ0v) is 21.9. The highest BCUT2D eigenvalue weighted by molar-refractivity contribution is 5.98. The van der Waals surface area contributed by atoms with Crippen molar-refractivity contribution in [3.05, 3.63) is 81.4 Å². The van der Waals surface area contributed by atoms with Gasteiger partial charge in [0, 0.05) is 34.9 Å². The maximum Gasteiger partial charge on any atom is 0.471 e. The fourth-order valence-corrected chi connectivity index (χ4v) is 5.03. The third kappa shape index (κ3) is 5.34. The summed E-state index contributed by atoms with van der Waals surface area (Å²) in [6.07, 6.45) is -5.17. The van der Waals surface area contributed by atoms with E-state index in [0.29, 0.717) is 21.7 Å². The van der Waals surface area contributed by atoms with Crippen LogP contribution in [0, 0.1) is 17.0 Å². The Bertz CT molecular complexity index is 1540. The van der Waals surface area contributed by atoms with Crippen LogP contribution in [0.2, 0.25) is 0 Å². The van der Waals surface area contributed by atoms with Crippen LogP contribution >= 0.6 is 0 Å². The molecule has 0 fully saturated rings. The van der Waals surface area contributed by atoms with Gasteiger partial charge < -0.3 is 19.5 Å². The molecule has 2 atom stereocenters. The number of halogens is 3. The van der Waals surface area contributed by atoms with E-state index < -0.39 is 29.0 Å². The molecule has 0 saturated heterocycles. The van der Waals surface area contributed by atoms with Crippen molar-refractivity contribution in [1.29, 1.82) is 0 Å². The molecule has 41 heavy (non-hydrogen) atoms. The summed E-state index contributed by atoms with van der Waals surface area (Å²) in [6, 6.07) is 12.3. The van der Waals surface area contributed by atoms with Gasteiger partial charge >= 0.3 is 18.1 Å². The molecule has 0 radical (unpaired) electrons. The van der Waals surface area contributed by atoms with Gasteiger partial charge in [-0.2, -0.15) is 13.2 Å². The molecule has 0 saturated carbocycles. The minimum absolute atomic E-state index is 0.0345. The topological polar surface area (TPSA) is 120 Å². The number of hydrogen-bond donors (Lipinski definition) is 1. The van der Waals surface area contributed by atoms with Crippen molar-refractivity contribution in [2.45, 2.75) is 31.5 Å². The van der Waals surface area contributed by atoms with Gasteiger partial charge in [0.2, 0.25) is 0 Å². The number of nitrogens with zero attached hydrogens (tertiary/aromatic N) is 2. The number of carbonyl (C=O) groups excluding carboxylic acids is 2. The first-order chi connectivity index (χ1) is 19.5. The third-order valence-corrected chi connectivity index (χ3v) is 6.98. The molecular formula is C28H24F3N3O7. The lowest BCUT2D eigenvalue weighted by Crippen LogP contribution is -2.44. The van der Waals surface area contributed by atoms with Crippen LogP contribution < -0.4 is 19.7 Å². The van der Waals surface area contributed by atoms with Crippen LogP contribution in [0.15, 0.2) is 54.6 Å². The van der Waals surface area contributed by atoms with Gasteiger partial charge in [-0.15, -0.1) is 0 Å². The van der Waals surface area contributed by atoms with Crippen LogP contribution in [-0.4, -0.2) is 43.3 Å². The number of carbonyl (C=O) groups is 2. The molecule has 0 aromatic heterocycles. The Morgan fingerprint density at radius 2 is 1.85 bits per heavy atom. The molecule has 1 unspecified atom stereocenters. The third-order valence-electron chi connectivity index (χ3n) is 6.98. The maximum absolute atomic E-state index is 13.9. The normalized spacial score (nSPS) is 17.1. The summed E-state index contributed by atoms with van der Waals surface area (Å²) in [7, 11) is 1.26. The number of benzene rings is 3. The smallest absolute Gasteiger partial charge is 0.471 e. The number of alkyl halides is 3. The predicted molar refractivity (Wildman–Crippen MR) is 141 cm³/mol. The van der Waals surface area contributed by atoms with Gasteiger partial charge in [0.15, 0.2) is 0 Å². The van der Waals surface area contributed by atoms with Crippen molar-refractivity contribution in [2.24, 2.45) is 0 Å². The number of para-hydroxylation sites is 1. The van der Waals surface area contributed by atoms with Crippen molar-refractivity contribution in [2.75, 3.05) is 30.5 Å². The summed E-state index contributed by atoms with van der Waals surface area (Å²) < 4.78 is 57.7. The number of amides is 1. The van der Waals surface area contributed by atoms with Gasteiger partial charge in [-0.1, -0.05) is 24.3 Å². The lowest BCUT2D eigenvalue weighted by atomic mass is 9.97. The minimum atomic E-state index is -5.20. The number of nitro benzene ring substituents is 1. The number of ether oxygens (including phenoxy) is 3. The summed E-state index contributed by atoms with van der Waals surface area (Å²) in [4.78, 5) is 36.2. The number of rotatable bonds is 7. The molecule has 13 heteroatoms. The number of esters is 1. The van der Waals surface area contributed by atoms with Crippen molar-refractivity contribution >= 4 is 34.6 Å². The molecule has 0 bridgehead atoms. The number of nitrogens with one attached hydrogen (secondary N) is 1. The largest absolute Gasteiger partial charge is 0.493 e. The summed E-state index contributed by atoms with van der Waals surface area (Å²) in [5.41, 5.74) is 1.78. The summed E-state index contributed by atoms with van der Waals surface area (Å²) in [6.45, 7) is 1.55. The Kier molecular flexibility index (Phi) is 7.20. The number of fused-ring (bicyclic) bond motifs is 2. The number of methoxy groups -OCH3 is 1. The zero-order chi connectivity index (χ0) is 29.5. The number of nitro groups is 1. The Hall–Kier alpha value is -4.81. The van der Waals surface area contributed by atoms with E-state index in [4.69, 9.17) is 14.2 Å². The first-order valence-electron chi connectivity index (χ1n) is 12.5. The molecule has 0 spiro atoms. The van der Waals surface area contributed by atoms with Crippen molar-refractivity contribution < 1.29 is 41.9 Å². The van der Waals surface area contributed by atoms with E-state index in [2.05, 4.69) is 5.32 Å². The van der Waals surface area contributed by atoms with Crippen molar-refractivity contribution in [3.8, 4) is 11.5 Å². The van der Waals surface area contributed by atoms with Crippen LogP contribution in [0.5, 0.6) is 11.5 Å². The highest BCUT2D eigenvalue weighted by Crippen LogP contribution is 2.47. The van der Waals surface area contributed by atoms with E-state index in [1.165, 1.54) is 43.5 Å². The molecule has 0 aliphatic carbocycles. The molecule has 214 valence electrons. The first kappa shape index (κ1) is 27.7. The second-order valence-corrected chi connectivity index (χ2v) is 9.64. The van der Waals surface area contributed by atoms with Crippen molar-refractivity contribution in [3.63, 3.8) is 0 Å². The second-order valence-electron chi connectivity index (χ2n) is 9.64. The van der Waals surface area contributed by atoms with Gasteiger partial charge in [0.1, 0.15) is 23.8 Å². The maximum atomic E-state index is 13.9. The lowest BCUT2D eigenvalue weighted by molar-refractivity contribution is -0.384. The highest BCUT2D eigenvalue weighted by Gasteiger charge is 2.48. The molecule has 10 nitrogen and oxygen atoms in total. The van der Waals surface area contributed by atoms with Crippen LogP contribution in [-0.2, 0) is 14.3 Å². The van der Waals surface area contributed by atoms with E-state index in [1.54, 1.807) is 25.1 Å². The molecule has 3 aromatic rings. The predicted octanol–water partition coefficient (Wildman–Crippen LogP) is 5.71. The summed E-state index contributed by atoms with van der Waals surface area (Å²) in [5, 5.41) is 14.5. The Balaban J connectivity index is 1.51. The van der Waals surface area contributed by atoms with Crippen LogP contribution in [0.4, 0.5) is 35.9 Å². The molecule has 5 rings (SSSR count). The van der Waals surface area contributed by atoms with Gasteiger partial charge in [-0.05, 0) is 30.7 Å². The fraction of sp³-hybridized carbons (Fsp3) is 0.286. The Morgan fingerprint density at radius 1 is 1.07 bits per heavy atom. The van der Waals surface area contributed by atoms with Gasteiger partial charge in [0.05, 0.1) is 36.8 Å². The van der Waals surface area contributed by atoms with E-state index in [1.807, 2.05) is 0 Å². The van der Waals surface area contributed by atoms with E-state index in [0.717, 1.165) is 0 Å². The average molecular weight is 572 g/mol. The fourth-order valence-electron chi connectivity index (χ4n) is 5.03. The molecule has 2 aliphatic rings. The minimum Gasteiger partial charge on any atom is -0.493 e. The molecule has 2 aliphatic heterocycles. The number of hydrogen-bond acceptors (Lipinski definition) is 8. The average Bonchev–Trinajstić information content (AvgIpc) is 3.54. The first-order valence-corrected chi connectivity index (χ1v) is 12.5. The van der Waals surface area contributed by atoms with E-state index in [9.17, 15) is 32.9 Å². The van der Waals surface area contributed by atoms with Gasteiger partial charge in [-0.25, -0.2) is 0 Å². The standard InChI is InChI=1S/C28H24F3N3O7/c1-15-6-9-20(22(10-15)34(37)38)32-21-5-3-4-19-23(14-41-26(19)21)33(27(36)28(29,30)31)17-7-8-18-16(11-25(35)39-2)13-40-24(18)12-17/h3-10,12,16,23,32H,11,13-14H2,1-2H3/t16-,23?/m1/s1. The molecule has 3 aromatic carbocycles. The Labute approximate surface area is 231 Å². The van der Waals surface area contributed by atoms with Gasteiger partial charge in [0.25, 0.3) is 5.69 Å². The summed E-state index contributed by atoms with van der Waals surface area (Å²) in [5.74, 6) is -2.46. The SMILES string of the molecule is COC(=O)C[C@@H]1COc2cc(N(C(=O)C(F)(F)F)C3COc4c(Nc5ccc(C)cc5[N+](=O)[O-])cccc43)ccc21.